The minimum Gasteiger partial charge on any atom is -0.495 e. The number of ether oxygens (including phenoxy) is 1. The number of aromatic nitrogens is 3. The second-order valence-electron chi connectivity index (χ2n) is 4.62. The summed E-state index contributed by atoms with van der Waals surface area (Å²) in [5.74, 6) is 0.388. The van der Waals surface area contributed by atoms with Crippen molar-refractivity contribution in [2.24, 2.45) is 0 Å². The van der Waals surface area contributed by atoms with E-state index in [0.717, 1.165) is 22.5 Å². The molecule has 22 heavy (non-hydrogen) atoms. The first-order valence-corrected chi connectivity index (χ1v) is 6.56. The number of pyridine rings is 1. The van der Waals surface area contributed by atoms with Gasteiger partial charge >= 0.3 is 5.97 Å². The van der Waals surface area contributed by atoms with Crippen LogP contribution in [0.15, 0.2) is 48.8 Å². The summed E-state index contributed by atoms with van der Waals surface area (Å²) in [4.78, 5) is 14.8. The lowest BCUT2D eigenvalue weighted by Gasteiger charge is -2.01. The molecule has 0 unspecified atom stereocenters. The highest BCUT2D eigenvalue weighted by Gasteiger charge is 2.04. The fraction of sp³-hybridized carbons (Fsp3) is 0.0625. The van der Waals surface area contributed by atoms with Crippen molar-refractivity contribution in [1.82, 2.24) is 14.8 Å². The molecule has 3 rings (SSSR count). The number of hydrogen-bond acceptors (Lipinski definition) is 4. The summed E-state index contributed by atoms with van der Waals surface area (Å²) < 4.78 is 6.75. The minimum atomic E-state index is -0.974. The number of nitrogens with zero attached hydrogens (tertiary/aromatic N) is 3. The largest absolute Gasteiger partial charge is 0.495 e. The molecule has 0 aliphatic heterocycles. The Labute approximate surface area is 126 Å². The molecule has 0 saturated heterocycles. The number of methoxy groups -OCH3 is 1. The van der Waals surface area contributed by atoms with Gasteiger partial charge in [-0.15, -0.1) is 0 Å². The van der Waals surface area contributed by atoms with Crippen LogP contribution in [-0.4, -0.2) is 33.0 Å². The molecule has 6 nitrogen and oxygen atoms in total. The predicted molar refractivity (Wildman–Crippen MR) is 82.1 cm³/mol. The zero-order valence-electron chi connectivity index (χ0n) is 11.8. The van der Waals surface area contributed by atoms with E-state index in [4.69, 9.17) is 9.84 Å². The summed E-state index contributed by atoms with van der Waals surface area (Å²) in [5, 5.41) is 14.0. The Kier molecular flexibility index (Phi) is 3.57. The van der Waals surface area contributed by atoms with Gasteiger partial charge in [0.15, 0.2) is 5.82 Å². The third-order valence-electron chi connectivity index (χ3n) is 3.14. The molecule has 0 aliphatic rings. The average molecular weight is 295 g/mol. The summed E-state index contributed by atoms with van der Waals surface area (Å²) in [6.45, 7) is 0. The van der Waals surface area contributed by atoms with Crippen molar-refractivity contribution < 1.29 is 14.6 Å². The van der Waals surface area contributed by atoms with Crippen molar-refractivity contribution in [3.05, 3.63) is 54.4 Å². The molecule has 1 aromatic carbocycles. The highest BCUT2D eigenvalue weighted by atomic mass is 16.5. The van der Waals surface area contributed by atoms with E-state index >= 15 is 0 Å². The zero-order chi connectivity index (χ0) is 15.5. The minimum absolute atomic E-state index is 0.680. The highest BCUT2D eigenvalue weighted by molar-refractivity contribution is 5.87. The molecule has 0 spiro atoms. The Morgan fingerprint density at radius 2 is 2.18 bits per heavy atom. The second-order valence-corrected chi connectivity index (χ2v) is 4.62. The molecule has 0 amide bonds. The molecule has 0 fully saturated rings. The number of fused-ring (bicyclic) bond motifs is 1. The van der Waals surface area contributed by atoms with Crippen LogP contribution in [0.25, 0.3) is 22.8 Å². The first-order valence-electron chi connectivity index (χ1n) is 6.56. The van der Waals surface area contributed by atoms with E-state index < -0.39 is 5.97 Å². The number of benzene rings is 1. The Morgan fingerprint density at radius 3 is 2.86 bits per heavy atom. The van der Waals surface area contributed by atoms with Crippen molar-refractivity contribution in [2.75, 3.05) is 7.11 Å². The van der Waals surface area contributed by atoms with Crippen LogP contribution in [0.3, 0.4) is 0 Å². The molecule has 2 aromatic heterocycles. The van der Waals surface area contributed by atoms with Gasteiger partial charge < -0.3 is 9.84 Å². The Morgan fingerprint density at radius 1 is 1.32 bits per heavy atom. The molecule has 0 saturated carbocycles. The van der Waals surface area contributed by atoms with Gasteiger partial charge in [-0.2, -0.15) is 5.10 Å². The SMILES string of the molecule is COc1ccc(-n2cc3cc(/C=C/C(=O)O)ccc3n2)nc1. The maximum Gasteiger partial charge on any atom is 0.328 e. The van der Waals surface area contributed by atoms with Gasteiger partial charge in [0.25, 0.3) is 0 Å². The smallest absolute Gasteiger partial charge is 0.328 e. The molecule has 2 heterocycles. The summed E-state index contributed by atoms with van der Waals surface area (Å²) >= 11 is 0. The molecule has 0 radical (unpaired) electrons. The standard InChI is InChI=1S/C16H13N3O3/c1-22-13-4-6-15(17-9-13)19-10-12-8-11(3-7-16(20)21)2-5-14(12)18-19/h2-10H,1H3,(H,20,21)/b7-3+. The van der Waals surface area contributed by atoms with Gasteiger partial charge in [-0.05, 0) is 35.9 Å². The number of carboxylic acids is 1. The normalized spacial score (nSPS) is 11.1. The third kappa shape index (κ3) is 2.80. The monoisotopic (exact) mass is 295 g/mol. The van der Waals surface area contributed by atoms with Crippen molar-refractivity contribution in [2.45, 2.75) is 0 Å². The molecule has 110 valence electrons. The molecule has 0 atom stereocenters. The topological polar surface area (TPSA) is 77.2 Å². The van der Waals surface area contributed by atoms with Crippen molar-refractivity contribution in [1.29, 1.82) is 0 Å². The van der Waals surface area contributed by atoms with Gasteiger partial charge in [0.1, 0.15) is 5.75 Å². The predicted octanol–water partition coefficient (Wildman–Crippen LogP) is 2.53. The van der Waals surface area contributed by atoms with Gasteiger partial charge in [0.2, 0.25) is 0 Å². The Bertz CT molecular complexity index is 851. The maximum atomic E-state index is 10.6. The van der Waals surface area contributed by atoms with E-state index in [1.165, 1.54) is 0 Å². The van der Waals surface area contributed by atoms with Crippen LogP contribution in [0.4, 0.5) is 0 Å². The van der Waals surface area contributed by atoms with Crippen LogP contribution in [0.2, 0.25) is 0 Å². The van der Waals surface area contributed by atoms with Gasteiger partial charge in [-0.25, -0.2) is 14.5 Å². The van der Waals surface area contributed by atoms with Gasteiger partial charge in [-0.1, -0.05) is 6.07 Å². The Balaban J connectivity index is 1.96. The molecular weight excluding hydrogens is 282 g/mol. The lowest BCUT2D eigenvalue weighted by atomic mass is 10.1. The van der Waals surface area contributed by atoms with Crippen molar-refractivity contribution >= 4 is 22.9 Å². The molecule has 1 N–H and O–H groups in total. The molecule has 0 bridgehead atoms. The van der Waals surface area contributed by atoms with E-state index in [-0.39, 0.29) is 0 Å². The number of carboxylic acid groups (broad SMARTS) is 1. The van der Waals surface area contributed by atoms with E-state index in [1.807, 2.05) is 36.5 Å². The maximum absolute atomic E-state index is 10.6. The Hall–Kier alpha value is -3.15. The molecule has 3 aromatic rings. The van der Waals surface area contributed by atoms with Crippen LogP contribution in [0.5, 0.6) is 5.75 Å². The van der Waals surface area contributed by atoms with Crippen LogP contribution in [-0.2, 0) is 4.79 Å². The van der Waals surface area contributed by atoms with Crippen molar-refractivity contribution in [3.63, 3.8) is 0 Å². The molecule has 6 heteroatoms. The quantitative estimate of drug-likeness (QED) is 0.748. The average Bonchev–Trinajstić information content (AvgIpc) is 2.96. The van der Waals surface area contributed by atoms with E-state index in [0.29, 0.717) is 11.6 Å². The lowest BCUT2D eigenvalue weighted by Crippen LogP contribution is -1.97. The summed E-state index contributed by atoms with van der Waals surface area (Å²) in [5.41, 5.74) is 1.61. The second kappa shape index (κ2) is 5.69. The zero-order valence-corrected chi connectivity index (χ0v) is 11.8. The molecular formula is C16H13N3O3. The van der Waals surface area contributed by atoms with Crippen LogP contribution in [0, 0.1) is 0 Å². The van der Waals surface area contributed by atoms with E-state index in [2.05, 4.69) is 10.1 Å². The highest BCUT2D eigenvalue weighted by Crippen LogP contribution is 2.18. The fourth-order valence-electron chi connectivity index (χ4n) is 2.06. The van der Waals surface area contributed by atoms with E-state index in [9.17, 15) is 4.79 Å². The van der Waals surface area contributed by atoms with Gasteiger partial charge in [-0.3, -0.25) is 0 Å². The number of aliphatic carboxylic acids is 1. The first kappa shape index (κ1) is 13.8. The van der Waals surface area contributed by atoms with E-state index in [1.54, 1.807) is 24.1 Å². The number of carbonyl (C=O) groups is 1. The van der Waals surface area contributed by atoms with Crippen LogP contribution in [0.1, 0.15) is 5.56 Å². The van der Waals surface area contributed by atoms with Gasteiger partial charge in [0, 0.05) is 17.7 Å². The lowest BCUT2D eigenvalue weighted by molar-refractivity contribution is -0.131. The van der Waals surface area contributed by atoms with Gasteiger partial charge in [0.05, 0.1) is 18.8 Å². The third-order valence-corrected chi connectivity index (χ3v) is 3.14. The molecule has 0 aliphatic carbocycles. The summed E-state index contributed by atoms with van der Waals surface area (Å²) in [6.07, 6.45) is 6.13. The summed E-state index contributed by atoms with van der Waals surface area (Å²) in [7, 11) is 1.59. The first-order chi connectivity index (χ1) is 10.7. The summed E-state index contributed by atoms with van der Waals surface area (Å²) in [6, 6.07) is 9.17. The van der Waals surface area contributed by atoms with Crippen LogP contribution >= 0.6 is 0 Å². The fourth-order valence-corrected chi connectivity index (χ4v) is 2.06. The van der Waals surface area contributed by atoms with Crippen molar-refractivity contribution in [3.8, 4) is 11.6 Å². The van der Waals surface area contributed by atoms with Crippen LogP contribution < -0.4 is 4.74 Å². The number of hydrogen-bond donors (Lipinski definition) is 1. The number of rotatable bonds is 4.